The van der Waals surface area contributed by atoms with Crippen molar-refractivity contribution >= 4 is 17.2 Å². The van der Waals surface area contributed by atoms with E-state index in [0.29, 0.717) is 0 Å². The molecule has 4 nitrogen and oxygen atoms in total. The maximum absolute atomic E-state index is 12.0. The van der Waals surface area contributed by atoms with Crippen LogP contribution in [0.2, 0.25) is 0 Å². The topological polar surface area (TPSA) is 58.4 Å². The number of allylic oxidation sites excluding steroid dienone is 1. The van der Waals surface area contributed by atoms with Crippen LogP contribution in [0.25, 0.3) is 5.57 Å². The summed E-state index contributed by atoms with van der Waals surface area (Å²) in [5, 5.41) is 0. The van der Waals surface area contributed by atoms with Crippen molar-refractivity contribution in [3.63, 3.8) is 0 Å². The third-order valence-corrected chi connectivity index (χ3v) is 4.00. The fraction of sp³-hybridized carbons (Fsp3) is 0.438. The number of fused-ring (bicyclic) bond motifs is 1. The number of hydrazine groups is 1. The van der Waals surface area contributed by atoms with Crippen LogP contribution in [-0.2, 0) is 4.79 Å². The predicted octanol–water partition coefficient (Wildman–Crippen LogP) is 2.38. The predicted molar refractivity (Wildman–Crippen MR) is 83.2 cm³/mol. The summed E-state index contributed by atoms with van der Waals surface area (Å²) in [6.07, 6.45) is 2.20. The lowest BCUT2D eigenvalue weighted by Crippen LogP contribution is -2.56. The van der Waals surface area contributed by atoms with E-state index in [9.17, 15) is 4.79 Å². The van der Waals surface area contributed by atoms with Gasteiger partial charge in [0.05, 0.1) is 5.54 Å². The number of carbonyl (C=O) groups excluding carboxylic acids is 1. The zero-order valence-corrected chi connectivity index (χ0v) is 12.8. The van der Waals surface area contributed by atoms with Crippen molar-refractivity contribution in [1.82, 2.24) is 5.43 Å². The van der Waals surface area contributed by atoms with Gasteiger partial charge in [-0.1, -0.05) is 24.3 Å². The van der Waals surface area contributed by atoms with E-state index < -0.39 is 0 Å². The summed E-state index contributed by atoms with van der Waals surface area (Å²) in [5.41, 5.74) is 6.73. The number of amides is 1. The SMILES string of the molecule is CC1=CC(C)(C)N([C@@H](C)C(=O)NN)c2c(C)cccc21. The Balaban J connectivity index is 2.65. The molecule has 1 heterocycles. The van der Waals surface area contributed by atoms with Gasteiger partial charge in [0.15, 0.2) is 0 Å². The highest BCUT2D eigenvalue weighted by atomic mass is 16.2. The van der Waals surface area contributed by atoms with Crippen LogP contribution < -0.4 is 16.2 Å². The van der Waals surface area contributed by atoms with Gasteiger partial charge >= 0.3 is 0 Å². The Morgan fingerprint density at radius 3 is 2.60 bits per heavy atom. The van der Waals surface area contributed by atoms with E-state index in [0.717, 1.165) is 5.69 Å². The minimum absolute atomic E-state index is 0.180. The molecule has 0 saturated carbocycles. The van der Waals surface area contributed by atoms with Crippen LogP contribution in [0.5, 0.6) is 0 Å². The average Bonchev–Trinajstić information content (AvgIpc) is 2.37. The molecule has 1 amide bonds. The number of benzene rings is 1. The molecule has 0 fully saturated rings. The molecule has 0 bridgehead atoms. The molecule has 0 radical (unpaired) electrons. The van der Waals surface area contributed by atoms with Crippen molar-refractivity contribution in [3.8, 4) is 0 Å². The number of nitrogens with two attached hydrogens (primary N) is 1. The quantitative estimate of drug-likeness (QED) is 0.494. The summed E-state index contributed by atoms with van der Waals surface area (Å²) in [6.45, 7) is 10.3. The Bertz CT molecular complexity index is 575. The van der Waals surface area contributed by atoms with Gasteiger partial charge in [0.25, 0.3) is 5.91 Å². The van der Waals surface area contributed by atoms with Crippen LogP contribution in [0.4, 0.5) is 5.69 Å². The molecule has 1 aliphatic rings. The molecule has 20 heavy (non-hydrogen) atoms. The zero-order valence-electron chi connectivity index (χ0n) is 12.8. The lowest BCUT2D eigenvalue weighted by Gasteiger charge is -2.46. The second-order valence-electron chi connectivity index (χ2n) is 6.01. The van der Waals surface area contributed by atoms with Gasteiger partial charge in [0, 0.05) is 11.3 Å². The number of anilines is 1. The van der Waals surface area contributed by atoms with Gasteiger partial charge in [-0.25, -0.2) is 5.84 Å². The van der Waals surface area contributed by atoms with Gasteiger partial charge < -0.3 is 4.90 Å². The van der Waals surface area contributed by atoms with Crippen molar-refractivity contribution in [3.05, 3.63) is 35.4 Å². The number of carbonyl (C=O) groups is 1. The lowest BCUT2D eigenvalue weighted by molar-refractivity contribution is -0.122. The molecule has 0 spiro atoms. The van der Waals surface area contributed by atoms with Gasteiger partial charge in [-0.2, -0.15) is 0 Å². The molecule has 0 unspecified atom stereocenters. The highest BCUT2D eigenvalue weighted by molar-refractivity contribution is 5.90. The first-order valence-corrected chi connectivity index (χ1v) is 6.89. The first kappa shape index (κ1) is 14.6. The Morgan fingerprint density at radius 1 is 1.35 bits per heavy atom. The molecule has 1 atom stereocenters. The molecule has 1 aromatic carbocycles. The summed E-state index contributed by atoms with van der Waals surface area (Å²) in [5.74, 6) is 5.13. The fourth-order valence-corrected chi connectivity index (χ4v) is 3.19. The first-order chi connectivity index (χ1) is 9.29. The van der Waals surface area contributed by atoms with E-state index in [2.05, 4.69) is 62.3 Å². The minimum Gasteiger partial charge on any atom is -0.350 e. The third-order valence-electron chi connectivity index (χ3n) is 4.00. The highest BCUT2D eigenvalue weighted by Gasteiger charge is 2.37. The molecule has 3 N–H and O–H groups in total. The van der Waals surface area contributed by atoms with Crippen molar-refractivity contribution in [2.45, 2.75) is 46.2 Å². The number of nitrogens with one attached hydrogen (secondary N) is 1. The van der Waals surface area contributed by atoms with Crippen molar-refractivity contribution in [2.24, 2.45) is 5.84 Å². The van der Waals surface area contributed by atoms with E-state index in [-0.39, 0.29) is 17.5 Å². The van der Waals surface area contributed by atoms with Gasteiger partial charge in [0.1, 0.15) is 6.04 Å². The standard InChI is InChI=1S/C16H23N3O/c1-10-7-6-8-13-11(2)9-16(4,5)19(14(10)13)12(3)15(20)18-17/h6-9,12H,17H2,1-5H3,(H,18,20)/t12-/m0/s1. The van der Waals surface area contributed by atoms with Crippen LogP contribution in [0, 0.1) is 6.92 Å². The Morgan fingerprint density at radius 2 is 2.00 bits per heavy atom. The monoisotopic (exact) mass is 273 g/mol. The van der Waals surface area contributed by atoms with E-state index in [1.807, 2.05) is 6.92 Å². The van der Waals surface area contributed by atoms with E-state index in [1.165, 1.54) is 16.7 Å². The molecule has 0 aliphatic carbocycles. The molecule has 1 aliphatic heterocycles. The Hall–Kier alpha value is -1.81. The molecule has 1 aromatic rings. The van der Waals surface area contributed by atoms with Crippen LogP contribution >= 0.6 is 0 Å². The molecule has 2 rings (SSSR count). The van der Waals surface area contributed by atoms with E-state index >= 15 is 0 Å². The van der Waals surface area contributed by atoms with Crippen LogP contribution in [0.15, 0.2) is 24.3 Å². The van der Waals surface area contributed by atoms with Crippen molar-refractivity contribution < 1.29 is 4.79 Å². The normalized spacial score (nSPS) is 18.1. The zero-order chi connectivity index (χ0) is 15.1. The second kappa shape index (κ2) is 4.94. The maximum atomic E-state index is 12.0. The lowest BCUT2D eigenvalue weighted by atomic mass is 9.86. The minimum atomic E-state index is -0.334. The smallest absolute Gasteiger partial charge is 0.256 e. The summed E-state index contributed by atoms with van der Waals surface area (Å²) in [4.78, 5) is 14.1. The Labute approximate surface area is 120 Å². The molecule has 0 saturated heterocycles. The largest absolute Gasteiger partial charge is 0.350 e. The summed E-state index contributed by atoms with van der Waals surface area (Å²) in [7, 11) is 0. The first-order valence-electron chi connectivity index (χ1n) is 6.89. The number of aryl methyl sites for hydroxylation is 1. The van der Waals surface area contributed by atoms with Crippen LogP contribution in [-0.4, -0.2) is 17.5 Å². The Kier molecular flexibility index (Phi) is 3.61. The number of para-hydroxylation sites is 1. The number of hydrogen-bond acceptors (Lipinski definition) is 3. The maximum Gasteiger partial charge on any atom is 0.256 e. The van der Waals surface area contributed by atoms with Crippen LogP contribution in [0.3, 0.4) is 0 Å². The number of rotatable bonds is 2. The van der Waals surface area contributed by atoms with Gasteiger partial charge in [-0.15, -0.1) is 0 Å². The molecular weight excluding hydrogens is 250 g/mol. The highest BCUT2D eigenvalue weighted by Crippen LogP contribution is 2.41. The van der Waals surface area contributed by atoms with Gasteiger partial charge in [0.2, 0.25) is 0 Å². The average molecular weight is 273 g/mol. The van der Waals surface area contributed by atoms with E-state index in [4.69, 9.17) is 5.84 Å². The molecule has 4 heteroatoms. The molecular formula is C16H23N3O. The van der Waals surface area contributed by atoms with Crippen molar-refractivity contribution in [1.29, 1.82) is 0 Å². The van der Waals surface area contributed by atoms with Gasteiger partial charge in [-0.05, 0) is 45.8 Å². The fourth-order valence-electron chi connectivity index (χ4n) is 3.19. The summed E-state index contributed by atoms with van der Waals surface area (Å²) >= 11 is 0. The molecule has 108 valence electrons. The number of hydrogen-bond donors (Lipinski definition) is 2. The van der Waals surface area contributed by atoms with Gasteiger partial charge in [-0.3, -0.25) is 10.2 Å². The third kappa shape index (κ3) is 2.20. The van der Waals surface area contributed by atoms with Crippen LogP contribution in [0.1, 0.15) is 38.8 Å². The second-order valence-corrected chi connectivity index (χ2v) is 6.01. The summed E-state index contributed by atoms with van der Waals surface area (Å²) < 4.78 is 0. The number of nitrogens with zero attached hydrogens (tertiary/aromatic N) is 1. The van der Waals surface area contributed by atoms with Crippen molar-refractivity contribution in [2.75, 3.05) is 4.90 Å². The summed E-state index contributed by atoms with van der Waals surface area (Å²) in [6, 6.07) is 5.89. The van der Waals surface area contributed by atoms with E-state index in [1.54, 1.807) is 0 Å². The molecule has 0 aromatic heterocycles.